The molecule has 0 aliphatic heterocycles. The van der Waals surface area contributed by atoms with E-state index in [9.17, 15) is 52.7 Å². The van der Waals surface area contributed by atoms with Crippen molar-refractivity contribution >= 4 is 18.9 Å². The molecular weight excluding hydrogens is 552 g/mol. The molecule has 0 radical (unpaired) electrons. The first-order valence-corrected chi connectivity index (χ1v) is 12.2. The van der Waals surface area contributed by atoms with Crippen LogP contribution in [0.3, 0.4) is 0 Å². The number of alkyl halides is 12. The zero-order valence-electron chi connectivity index (χ0n) is 19.5. The molecule has 208 valence electrons. The second-order valence-electron chi connectivity index (χ2n) is 8.54. The smallest absolute Gasteiger partial charge is 0.385 e. The standard InChI is InChI=1S/C22H20F12O2Si/c1-11(2)35-37(36-12(3)4,17-7-13(19(23,24)25)5-14(8-17)20(26,27)28)18-9-15(21(29,30)31)6-16(10-18)22(32,33)34/h5-12H,1-4H3. The molecule has 0 aliphatic rings. The van der Waals surface area contributed by atoms with Gasteiger partial charge in [-0.25, -0.2) is 0 Å². The number of hydrogen-bond acceptors (Lipinski definition) is 2. The lowest BCUT2D eigenvalue weighted by Crippen LogP contribution is -2.65. The van der Waals surface area contributed by atoms with E-state index in [1.54, 1.807) is 0 Å². The van der Waals surface area contributed by atoms with E-state index in [-0.39, 0.29) is 36.4 Å². The third-order valence-corrected chi connectivity index (χ3v) is 8.44. The van der Waals surface area contributed by atoms with Crippen molar-refractivity contribution in [1.82, 2.24) is 0 Å². The van der Waals surface area contributed by atoms with Gasteiger partial charge in [-0.2, -0.15) is 52.7 Å². The van der Waals surface area contributed by atoms with Gasteiger partial charge in [-0.1, -0.05) is 0 Å². The van der Waals surface area contributed by atoms with Crippen molar-refractivity contribution in [2.75, 3.05) is 0 Å². The van der Waals surface area contributed by atoms with E-state index >= 15 is 0 Å². The zero-order valence-corrected chi connectivity index (χ0v) is 20.5. The van der Waals surface area contributed by atoms with E-state index in [0.717, 1.165) is 0 Å². The topological polar surface area (TPSA) is 18.5 Å². The summed E-state index contributed by atoms with van der Waals surface area (Å²) in [5.74, 6) is 0. The summed E-state index contributed by atoms with van der Waals surface area (Å²) in [5, 5.41) is -1.94. The molecule has 0 atom stereocenters. The Labute approximate surface area is 204 Å². The van der Waals surface area contributed by atoms with Crippen LogP contribution >= 0.6 is 0 Å². The molecule has 0 aliphatic carbocycles. The van der Waals surface area contributed by atoms with Crippen LogP contribution in [0, 0.1) is 0 Å². The summed E-state index contributed by atoms with van der Waals surface area (Å²) >= 11 is 0. The fourth-order valence-electron chi connectivity index (χ4n) is 3.42. The van der Waals surface area contributed by atoms with Crippen LogP contribution < -0.4 is 10.4 Å². The van der Waals surface area contributed by atoms with Crippen molar-refractivity contribution in [2.45, 2.75) is 64.6 Å². The highest BCUT2D eigenvalue weighted by Gasteiger charge is 2.50. The van der Waals surface area contributed by atoms with E-state index in [4.69, 9.17) is 8.85 Å². The van der Waals surface area contributed by atoms with Crippen molar-refractivity contribution in [3.63, 3.8) is 0 Å². The van der Waals surface area contributed by atoms with Crippen LogP contribution in [0.5, 0.6) is 0 Å². The highest BCUT2D eigenvalue weighted by molar-refractivity contribution is 6.92. The van der Waals surface area contributed by atoms with Crippen LogP contribution in [0.1, 0.15) is 49.9 Å². The molecule has 0 saturated carbocycles. The zero-order chi connectivity index (χ0) is 28.8. The first-order valence-electron chi connectivity index (χ1n) is 10.4. The maximum absolute atomic E-state index is 13.6. The van der Waals surface area contributed by atoms with Gasteiger partial charge in [0.15, 0.2) is 0 Å². The van der Waals surface area contributed by atoms with E-state index in [2.05, 4.69) is 0 Å². The Morgan fingerprint density at radius 1 is 0.459 bits per heavy atom. The largest absolute Gasteiger partial charge is 0.416 e. The van der Waals surface area contributed by atoms with Crippen molar-refractivity contribution in [3.05, 3.63) is 58.7 Å². The monoisotopic (exact) mass is 572 g/mol. The summed E-state index contributed by atoms with van der Waals surface area (Å²) < 4.78 is 174. The van der Waals surface area contributed by atoms with Crippen LogP contribution in [0.15, 0.2) is 36.4 Å². The molecule has 2 aromatic carbocycles. The van der Waals surface area contributed by atoms with Crippen molar-refractivity contribution in [1.29, 1.82) is 0 Å². The molecule has 0 spiro atoms. The van der Waals surface area contributed by atoms with Crippen LogP contribution in [-0.4, -0.2) is 20.8 Å². The molecule has 0 fully saturated rings. The van der Waals surface area contributed by atoms with Gasteiger partial charge in [0, 0.05) is 12.2 Å². The molecule has 0 aromatic heterocycles. The van der Waals surface area contributed by atoms with Crippen molar-refractivity contribution in [3.8, 4) is 0 Å². The van der Waals surface area contributed by atoms with E-state index < -0.39 is 78.1 Å². The van der Waals surface area contributed by atoms with E-state index in [0.29, 0.717) is 0 Å². The minimum atomic E-state index is -5.35. The Balaban J connectivity index is 3.14. The number of halogens is 12. The fraction of sp³-hybridized carbons (Fsp3) is 0.455. The van der Waals surface area contributed by atoms with Gasteiger partial charge in [-0.3, -0.25) is 0 Å². The summed E-state index contributed by atoms with van der Waals surface area (Å²) in [6.07, 6.45) is -23.6. The predicted octanol–water partition coefficient (Wildman–Crippen LogP) is 7.17. The van der Waals surface area contributed by atoms with Gasteiger partial charge >= 0.3 is 33.3 Å². The average molecular weight is 572 g/mol. The normalized spacial score (nSPS) is 14.1. The highest BCUT2D eigenvalue weighted by Crippen LogP contribution is 2.38. The molecule has 0 N–H and O–H groups in total. The van der Waals surface area contributed by atoms with Crippen LogP contribution in [0.2, 0.25) is 0 Å². The highest BCUT2D eigenvalue weighted by atomic mass is 28.4. The van der Waals surface area contributed by atoms with Gasteiger partial charge in [-0.15, -0.1) is 0 Å². The number of rotatable bonds is 6. The van der Waals surface area contributed by atoms with Crippen molar-refractivity contribution < 1.29 is 61.5 Å². The minimum Gasteiger partial charge on any atom is -0.385 e. The molecule has 37 heavy (non-hydrogen) atoms. The fourth-order valence-corrected chi connectivity index (χ4v) is 7.06. The maximum Gasteiger partial charge on any atom is 0.416 e. The first kappa shape index (κ1) is 31.0. The van der Waals surface area contributed by atoms with Gasteiger partial charge in [0.05, 0.1) is 22.3 Å². The quantitative estimate of drug-likeness (QED) is 0.270. The summed E-state index contributed by atoms with van der Waals surface area (Å²) in [5.41, 5.74) is -7.34. The molecule has 2 aromatic rings. The second-order valence-corrected chi connectivity index (χ2v) is 11.4. The van der Waals surface area contributed by atoms with E-state index in [1.807, 2.05) is 0 Å². The lowest BCUT2D eigenvalue weighted by molar-refractivity contribution is -0.144. The average Bonchev–Trinajstić information content (AvgIpc) is 2.69. The molecule has 2 rings (SSSR count). The lowest BCUT2D eigenvalue weighted by Gasteiger charge is -2.36. The number of benzene rings is 2. The van der Waals surface area contributed by atoms with Gasteiger partial charge < -0.3 is 8.85 Å². The molecule has 0 heterocycles. The molecule has 2 nitrogen and oxygen atoms in total. The third-order valence-electron chi connectivity index (χ3n) is 4.74. The molecular formula is C22H20F12O2Si. The lowest BCUT2D eigenvalue weighted by atomic mass is 10.1. The van der Waals surface area contributed by atoms with Gasteiger partial charge in [-0.05, 0) is 74.5 Å². The third kappa shape index (κ3) is 7.41. The molecule has 0 bridgehead atoms. The van der Waals surface area contributed by atoms with Gasteiger partial charge in [0.25, 0.3) is 0 Å². The maximum atomic E-state index is 13.6. The van der Waals surface area contributed by atoms with Crippen LogP contribution in [-0.2, 0) is 33.6 Å². The van der Waals surface area contributed by atoms with Crippen LogP contribution in [0.4, 0.5) is 52.7 Å². The second kappa shape index (κ2) is 10.1. The van der Waals surface area contributed by atoms with E-state index in [1.165, 1.54) is 27.7 Å². The Morgan fingerprint density at radius 3 is 0.838 bits per heavy atom. The summed E-state index contributed by atoms with van der Waals surface area (Å²) in [7, 11) is -5.11. The minimum absolute atomic E-state index is 0.194. The Hall–Kier alpha value is -2.26. The Bertz CT molecular complexity index is 947. The SMILES string of the molecule is CC(C)O[Si](OC(C)C)(c1cc(C(F)(F)F)cc(C(F)(F)F)c1)c1cc(C(F)(F)F)cc(C(F)(F)F)c1. The number of hydrogen-bond donors (Lipinski definition) is 0. The molecule has 0 unspecified atom stereocenters. The molecule has 0 saturated heterocycles. The molecule has 0 amide bonds. The Morgan fingerprint density at radius 2 is 0.676 bits per heavy atom. The first-order chi connectivity index (χ1) is 16.5. The predicted molar refractivity (Wildman–Crippen MR) is 110 cm³/mol. The van der Waals surface area contributed by atoms with Crippen molar-refractivity contribution in [2.24, 2.45) is 0 Å². The molecule has 15 heteroatoms. The van der Waals surface area contributed by atoms with Gasteiger partial charge in [0.1, 0.15) is 0 Å². The van der Waals surface area contributed by atoms with Crippen LogP contribution in [0.25, 0.3) is 0 Å². The Kier molecular flexibility index (Phi) is 8.48. The summed E-state index contributed by atoms with van der Waals surface area (Å²) in [6, 6.07) is 0.334. The van der Waals surface area contributed by atoms with Gasteiger partial charge in [0.2, 0.25) is 0 Å². The summed E-state index contributed by atoms with van der Waals surface area (Å²) in [4.78, 5) is 0. The summed E-state index contributed by atoms with van der Waals surface area (Å²) in [6.45, 7) is 5.01.